The van der Waals surface area contributed by atoms with Crippen LogP contribution < -0.4 is 19.1 Å². The van der Waals surface area contributed by atoms with Crippen molar-refractivity contribution in [3.05, 3.63) is 89.0 Å². The number of nitrogens with zero attached hydrogens (tertiary/aromatic N) is 1. The Morgan fingerprint density at radius 3 is 2.27 bits per heavy atom. The fourth-order valence-electron chi connectivity index (χ4n) is 4.51. The third-order valence-corrected chi connectivity index (χ3v) is 6.42. The van der Waals surface area contributed by atoms with Crippen LogP contribution in [0.1, 0.15) is 49.4 Å². The molecular weight excluding hydrogens is 470 g/mol. The van der Waals surface area contributed by atoms with Crippen molar-refractivity contribution in [3.8, 4) is 17.2 Å². The van der Waals surface area contributed by atoms with Crippen LogP contribution in [-0.4, -0.2) is 37.6 Å². The number of aliphatic hydroxyl groups excluding tert-OH is 1. The molecule has 1 aliphatic heterocycles. The molecule has 0 spiro atoms. The van der Waals surface area contributed by atoms with E-state index in [2.05, 4.69) is 13.8 Å². The number of ether oxygens (including phenoxy) is 3. The van der Waals surface area contributed by atoms with Gasteiger partial charge in [-0.05, 0) is 66.4 Å². The molecule has 1 atom stereocenters. The van der Waals surface area contributed by atoms with Crippen LogP contribution in [0.25, 0.3) is 5.76 Å². The molecule has 1 aliphatic rings. The lowest BCUT2D eigenvalue weighted by atomic mass is 9.94. The minimum absolute atomic E-state index is 0.0150. The lowest BCUT2D eigenvalue weighted by Crippen LogP contribution is -2.29. The first kappa shape index (κ1) is 25.8. The van der Waals surface area contributed by atoms with Gasteiger partial charge in [-0.1, -0.05) is 38.1 Å². The Kier molecular flexibility index (Phi) is 7.53. The van der Waals surface area contributed by atoms with Gasteiger partial charge in [-0.2, -0.15) is 0 Å². The summed E-state index contributed by atoms with van der Waals surface area (Å²) in [4.78, 5) is 28.3. The second-order valence-corrected chi connectivity index (χ2v) is 8.99. The van der Waals surface area contributed by atoms with Gasteiger partial charge in [-0.3, -0.25) is 14.5 Å². The van der Waals surface area contributed by atoms with E-state index in [4.69, 9.17) is 14.2 Å². The van der Waals surface area contributed by atoms with E-state index in [0.29, 0.717) is 46.6 Å². The molecule has 1 saturated heterocycles. The molecule has 0 bridgehead atoms. The third kappa shape index (κ3) is 4.89. The van der Waals surface area contributed by atoms with Gasteiger partial charge < -0.3 is 19.3 Å². The molecule has 1 unspecified atom stereocenters. The molecule has 0 aliphatic carbocycles. The largest absolute Gasteiger partial charge is 0.507 e. The molecule has 0 saturated carbocycles. The van der Waals surface area contributed by atoms with Crippen LogP contribution in [0.5, 0.6) is 17.2 Å². The Hall–Kier alpha value is -4.26. The summed E-state index contributed by atoms with van der Waals surface area (Å²) in [5, 5.41) is 11.4. The number of hydrogen-bond acceptors (Lipinski definition) is 6. The molecule has 192 valence electrons. The minimum atomic E-state index is -0.863. The van der Waals surface area contributed by atoms with Gasteiger partial charge >= 0.3 is 0 Å². The molecule has 7 nitrogen and oxygen atoms in total. The smallest absolute Gasteiger partial charge is 0.300 e. The Morgan fingerprint density at radius 2 is 1.65 bits per heavy atom. The minimum Gasteiger partial charge on any atom is -0.507 e. The number of carbonyl (C=O) groups excluding carboxylic acids is 2. The van der Waals surface area contributed by atoms with E-state index in [-0.39, 0.29) is 11.3 Å². The van der Waals surface area contributed by atoms with E-state index in [0.717, 1.165) is 5.56 Å². The first-order valence-corrected chi connectivity index (χ1v) is 12.2. The SMILES string of the molecule is CCOc1cccc(C2/C(=C(\O)c3ccc(OC)c(OC)c3)C(=O)C(=O)N2c2ccc(C(C)C)cc2)c1. The summed E-state index contributed by atoms with van der Waals surface area (Å²) in [5.74, 6) is -0.00344. The van der Waals surface area contributed by atoms with Crippen molar-refractivity contribution >= 4 is 23.1 Å². The number of hydrogen-bond donors (Lipinski definition) is 1. The van der Waals surface area contributed by atoms with E-state index in [9.17, 15) is 14.7 Å². The van der Waals surface area contributed by atoms with E-state index >= 15 is 0 Å². The summed E-state index contributed by atoms with van der Waals surface area (Å²) in [5.41, 5.74) is 2.63. The molecule has 1 fully saturated rings. The molecule has 3 aromatic carbocycles. The summed E-state index contributed by atoms with van der Waals surface area (Å²) in [6, 6.07) is 18.7. The molecule has 37 heavy (non-hydrogen) atoms. The van der Waals surface area contributed by atoms with Crippen molar-refractivity contribution in [1.29, 1.82) is 0 Å². The summed E-state index contributed by atoms with van der Waals surface area (Å²) < 4.78 is 16.4. The first-order valence-electron chi connectivity index (χ1n) is 12.2. The molecule has 1 amide bonds. The van der Waals surface area contributed by atoms with Gasteiger partial charge in [-0.15, -0.1) is 0 Å². The molecule has 4 rings (SSSR count). The zero-order valence-corrected chi connectivity index (χ0v) is 21.6. The average Bonchev–Trinajstić information content (AvgIpc) is 3.18. The van der Waals surface area contributed by atoms with Crippen molar-refractivity contribution in [3.63, 3.8) is 0 Å². The van der Waals surface area contributed by atoms with Crippen LogP contribution in [0.15, 0.2) is 72.3 Å². The Bertz CT molecular complexity index is 1340. The van der Waals surface area contributed by atoms with Crippen molar-refractivity contribution in [1.82, 2.24) is 0 Å². The molecule has 1 N–H and O–H groups in total. The van der Waals surface area contributed by atoms with Gasteiger partial charge in [0.25, 0.3) is 11.7 Å². The van der Waals surface area contributed by atoms with Crippen molar-refractivity contribution in [2.45, 2.75) is 32.7 Å². The molecule has 0 aromatic heterocycles. The lowest BCUT2D eigenvalue weighted by molar-refractivity contribution is -0.132. The van der Waals surface area contributed by atoms with Gasteiger partial charge in [0.1, 0.15) is 11.5 Å². The van der Waals surface area contributed by atoms with Gasteiger partial charge in [0.15, 0.2) is 11.5 Å². The number of methoxy groups -OCH3 is 2. The maximum absolute atomic E-state index is 13.5. The van der Waals surface area contributed by atoms with E-state index in [1.54, 1.807) is 30.3 Å². The number of amides is 1. The number of aliphatic hydroxyl groups is 1. The normalized spacial score (nSPS) is 16.8. The fourth-order valence-corrected chi connectivity index (χ4v) is 4.51. The average molecular weight is 502 g/mol. The van der Waals surface area contributed by atoms with Crippen LogP contribution in [0.4, 0.5) is 5.69 Å². The molecule has 1 heterocycles. The van der Waals surface area contributed by atoms with Crippen molar-refractivity contribution in [2.24, 2.45) is 0 Å². The van der Waals surface area contributed by atoms with Crippen LogP contribution in [0, 0.1) is 0 Å². The van der Waals surface area contributed by atoms with Gasteiger partial charge in [0.05, 0.1) is 32.4 Å². The standard InChI is InChI=1S/C30H31NO6/c1-6-37-23-9-7-8-20(16-23)27-26(28(32)21-12-15-24(35-4)25(17-21)36-5)29(33)30(34)31(27)22-13-10-19(11-14-22)18(2)3/h7-18,27,32H,6H2,1-5H3/b28-26+. The highest BCUT2D eigenvalue weighted by molar-refractivity contribution is 6.51. The number of carbonyl (C=O) groups is 2. The second-order valence-electron chi connectivity index (χ2n) is 8.99. The fraction of sp³-hybridized carbons (Fsp3) is 0.267. The topological polar surface area (TPSA) is 85.3 Å². The first-order chi connectivity index (χ1) is 17.8. The predicted molar refractivity (Wildman–Crippen MR) is 142 cm³/mol. The molecule has 0 radical (unpaired) electrons. The maximum Gasteiger partial charge on any atom is 0.300 e. The van der Waals surface area contributed by atoms with Gasteiger partial charge in [0, 0.05) is 11.3 Å². The van der Waals surface area contributed by atoms with E-state index in [1.165, 1.54) is 19.1 Å². The van der Waals surface area contributed by atoms with Gasteiger partial charge in [0.2, 0.25) is 0 Å². The molecule has 7 heteroatoms. The maximum atomic E-state index is 13.5. The summed E-state index contributed by atoms with van der Waals surface area (Å²) in [6.45, 7) is 6.52. The highest BCUT2D eigenvalue weighted by Gasteiger charge is 2.47. The zero-order chi connectivity index (χ0) is 26.7. The van der Waals surface area contributed by atoms with Crippen molar-refractivity contribution < 1.29 is 28.9 Å². The van der Waals surface area contributed by atoms with E-state index < -0.39 is 17.7 Å². The van der Waals surface area contributed by atoms with Crippen LogP contribution in [0.3, 0.4) is 0 Å². The number of benzene rings is 3. The Labute approximate surface area is 216 Å². The van der Waals surface area contributed by atoms with E-state index in [1.807, 2.05) is 43.3 Å². The van der Waals surface area contributed by atoms with Gasteiger partial charge in [-0.25, -0.2) is 0 Å². The zero-order valence-electron chi connectivity index (χ0n) is 21.6. The highest BCUT2D eigenvalue weighted by atomic mass is 16.5. The molecular formula is C30H31NO6. The molecule has 3 aromatic rings. The number of Topliss-reactive ketones (excluding diaryl/α,β-unsaturated/α-hetero) is 1. The number of anilines is 1. The summed E-state index contributed by atoms with van der Waals surface area (Å²) in [6.07, 6.45) is 0. The quantitative estimate of drug-likeness (QED) is 0.237. The number of rotatable bonds is 8. The third-order valence-electron chi connectivity index (χ3n) is 6.42. The Balaban J connectivity index is 1.92. The lowest BCUT2D eigenvalue weighted by Gasteiger charge is -2.26. The second kappa shape index (κ2) is 10.8. The monoisotopic (exact) mass is 501 g/mol. The predicted octanol–water partition coefficient (Wildman–Crippen LogP) is 5.85. The van der Waals surface area contributed by atoms with Crippen LogP contribution in [-0.2, 0) is 9.59 Å². The summed E-state index contributed by atoms with van der Waals surface area (Å²) >= 11 is 0. The van der Waals surface area contributed by atoms with Crippen molar-refractivity contribution in [2.75, 3.05) is 25.7 Å². The Morgan fingerprint density at radius 1 is 0.946 bits per heavy atom. The highest BCUT2D eigenvalue weighted by Crippen LogP contribution is 2.43. The van der Waals surface area contributed by atoms with Crippen LogP contribution in [0.2, 0.25) is 0 Å². The summed E-state index contributed by atoms with van der Waals surface area (Å²) in [7, 11) is 3.00. The number of ketones is 1. The van der Waals surface area contributed by atoms with Crippen LogP contribution >= 0.6 is 0 Å².